The van der Waals surface area contributed by atoms with Crippen LogP contribution in [0, 0.1) is 0 Å². The van der Waals surface area contributed by atoms with E-state index in [4.69, 9.17) is 5.73 Å². The fourth-order valence-electron chi connectivity index (χ4n) is 1.66. The van der Waals surface area contributed by atoms with Crippen molar-refractivity contribution in [1.29, 1.82) is 0 Å². The Balaban J connectivity index is 1.86. The zero-order valence-electron chi connectivity index (χ0n) is 9.84. The second kappa shape index (κ2) is 5.91. The molecule has 0 amide bonds. The summed E-state index contributed by atoms with van der Waals surface area (Å²) >= 11 is 1.66. The molecule has 0 aliphatic rings. The molecule has 2 aromatic rings. The number of benzene rings is 1. The van der Waals surface area contributed by atoms with E-state index in [0.717, 1.165) is 17.1 Å². The van der Waals surface area contributed by atoms with Gasteiger partial charge in [-0.2, -0.15) is 0 Å². The Labute approximate surface area is 106 Å². The summed E-state index contributed by atoms with van der Waals surface area (Å²) in [6, 6.07) is 10.4. The molecule has 0 spiro atoms. The molecule has 3 N–H and O–H groups in total. The maximum Gasteiger partial charge on any atom is 0.109 e. The molecule has 1 aromatic carbocycles. The molecule has 17 heavy (non-hydrogen) atoms. The van der Waals surface area contributed by atoms with Crippen molar-refractivity contribution < 1.29 is 0 Å². The third kappa shape index (κ3) is 3.36. The Hall–Kier alpha value is -1.23. The highest BCUT2D eigenvalue weighted by Gasteiger charge is 2.10. The highest BCUT2D eigenvalue weighted by atomic mass is 32.1. The van der Waals surface area contributed by atoms with Crippen molar-refractivity contribution in [2.75, 3.05) is 6.54 Å². The van der Waals surface area contributed by atoms with Crippen LogP contribution in [0.25, 0.3) is 0 Å². The lowest BCUT2D eigenvalue weighted by Gasteiger charge is -2.16. The monoisotopic (exact) mass is 247 g/mol. The summed E-state index contributed by atoms with van der Waals surface area (Å²) in [4.78, 5) is 4.28. The Morgan fingerprint density at radius 3 is 2.76 bits per heavy atom. The number of nitrogens with one attached hydrogen (secondary N) is 1. The van der Waals surface area contributed by atoms with Crippen LogP contribution in [-0.4, -0.2) is 11.5 Å². The molecule has 1 heterocycles. The van der Waals surface area contributed by atoms with E-state index in [-0.39, 0.29) is 12.1 Å². The second-order valence-electron chi connectivity index (χ2n) is 4.02. The van der Waals surface area contributed by atoms with Crippen molar-refractivity contribution in [3.05, 3.63) is 52.5 Å². The summed E-state index contributed by atoms with van der Waals surface area (Å²) in [6.45, 7) is 2.86. The molecule has 4 heteroatoms. The largest absolute Gasteiger partial charge is 0.323 e. The number of aromatic nitrogens is 1. The van der Waals surface area contributed by atoms with Gasteiger partial charge in [-0.3, -0.25) is 0 Å². The van der Waals surface area contributed by atoms with Gasteiger partial charge in [0, 0.05) is 24.2 Å². The van der Waals surface area contributed by atoms with E-state index in [2.05, 4.69) is 29.4 Å². The first kappa shape index (κ1) is 12.2. The Kier molecular flexibility index (Phi) is 4.25. The molecule has 2 rings (SSSR count). The number of thiazole rings is 1. The molecule has 0 saturated carbocycles. The quantitative estimate of drug-likeness (QED) is 0.853. The molecule has 1 aromatic heterocycles. The molecule has 0 radical (unpaired) electrons. The van der Waals surface area contributed by atoms with Crippen LogP contribution in [0.5, 0.6) is 0 Å². The summed E-state index contributed by atoms with van der Waals surface area (Å²) in [5.41, 5.74) is 7.28. The van der Waals surface area contributed by atoms with Crippen LogP contribution >= 0.6 is 11.3 Å². The average Bonchev–Trinajstić information content (AvgIpc) is 2.90. The van der Waals surface area contributed by atoms with Crippen LogP contribution in [0.4, 0.5) is 0 Å². The van der Waals surface area contributed by atoms with E-state index in [0.29, 0.717) is 0 Å². The van der Waals surface area contributed by atoms with E-state index < -0.39 is 0 Å². The van der Waals surface area contributed by atoms with Gasteiger partial charge in [-0.25, -0.2) is 4.98 Å². The third-order valence-corrected chi connectivity index (χ3v) is 3.65. The lowest BCUT2D eigenvalue weighted by Crippen LogP contribution is -2.29. The van der Waals surface area contributed by atoms with E-state index in [1.807, 2.05) is 29.8 Å². The predicted octanol–water partition coefficient (Wildman–Crippen LogP) is 2.49. The summed E-state index contributed by atoms with van der Waals surface area (Å²) in [5.74, 6) is 0. The van der Waals surface area contributed by atoms with Crippen LogP contribution in [0.15, 0.2) is 41.9 Å². The van der Waals surface area contributed by atoms with E-state index >= 15 is 0 Å². The summed E-state index contributed by atoms with van der Waals surface area (Å²) in [7, 11) is 0. The number of nitrogens with two attached hydrogens (primary N) is 1. The van der Waals surface area contributed by atoms with Gasteiger partial charge >= 0.3 is 0 Å². The number of nitrogens with zero attached hydrogens (tertiary/aromatic N) is 1. The molecule has 0 aliphatic heterocycles. The van der Waals surface area contributed by atoms with Crippen LogP contribution in [0.1, 0.15) is 29.6 Å². The predicted molar refractivity (Wildman–Crippen MR) is 71.9 cm³/mol. The fourth-order valence-corrected chi connectivity index (χ4v) is 2.33. The topological polar surface area (TPSA) is 50.9 Å². The van der Waals surface area contributed by atoms with Crippen molar-refractivity contribution >= 4 is 11.3 Å². The fraction of sp³-hybridized carbons (Fsp3) is 0.308. The maximum atomic E-state index is 6.12. The molecule has 2 unspecified atom stereocenters. The van der Waals surface area contributed by atoms with E-state index in [9.17, 15) is 0 Å². The van der Waals surface area contributed by atoms with E-state index in [1.165, 1.54) is 0 Å². The van der Waals surface area contributed by atoms with Gasteiger partial charge in [-0.05, 0) is 12.5 Å². The first-order chi connectivity index (χ1) is 8.27. The minimum absolute atomic E-state index is 0.0265. The Morgan fingerprint density at radius 2 is 2.12 bits per heavy atom. The third-order valence-electron chi connectivity index (χ3n) is 2.69. The molecule has 2 atom stereocenters. The van der Waals surface area contributed by atoms with Crippen LogP contribution in [0.3, 0.4) is 0 Å². The van der Waals surface area contributed by atoms with Crippen LogP contribution in [0.2, 0.25) is 0 Å². The Morgan fingerprint density at radius 1 is 1.35 bits per heavy atom. The van der Waals surface area contributed by atoms with Gasteiger partial charge in [0.2, 0.25) is 0 Å². The summed E-state index contributed by atoms with van der Waals surface area (Å²) < 4.78 is 0. The van der Waals surface area contributed by atoms with Gasteiger partial charge in [-0.1, -0.05) is 30.3 Å². The van der Waals surface area contributed by atoms with Crippen molar-refractivity contribution in [2.45, 2.75) is 19.0 Å². The Bertz CT molecular complexity index is 427. The molecular formula is C13H17N3S. The first-order valence-electron chi connectivity index (χ1n) is 5.70. The molecule has 3 nitrogen and oxygen atoms in total. The van der Waals surface area contributed by atoms with Gasteiger partial charge < -0.3 is 11.1 Å². The summed E-state index contributed by atoms with van der Waals surface area (Å²) in [6.07, 6.45) is 1.83. The molecule has 0 bridgehead atoms. The second-order valence-corrected chi connectivity index (χ2v) is 4.94. The SMILES string of the molecule is CC(NCC(N)c1ccccc1)c1nccs1. The smallest absolute Gasteiger partial charge is 0.109 e. The van der Waals surface area contributed by atoms with Crippen LogP contribution in [-0.2, 0) is 0 Å². The molecule has 0 saturated heterocycles. The van der Waals surface area contributed by atoms with Crippen molar-refractivity contribution in [1.82, 2.24) is 10.3 Å². The molecule has 0 aliphatic carbocycles. The minimum atomic E-state index is 0.0265. The van der Waals surface area contributed by atoms with Crippen LogP contribution < -0.4 is 11.1 Å². The minimum Gasteiger partial charge on any atom is -0.323 e. The van der Waals surface area contributed by atoms with Crippen molar-refractivity contribution in [3.63, 3.8) is 0 Å². The summed E-state index contributed by atoms with van der Waals surface area (Å²) in [5, 5.41) is 6.50. The number of hydrogen-bond donors (Lipinski definition) is 2. The van der Waals surface area contributed by atoms with Gasteiger partial charge in [0.1, 0.15) is 5.01 Å². The molecule has 90 valence electrons. The highest BCUT2D eigenvalue weighted by molar-refractivity contribution is 7.09. The van der Waals surface area contributed by atoms with Gasteiger partial charge in [-0.15, -0.1) is 11.3 Å². The highest BCUT2D eigenvalue weighted by Crippen LogP contribution is 2.16. The van der Waals surface area contributed by atoms with E-state index in [1.54, 1.807) is 11.3 Å². The first-order valence-corrected chi connectivity index (χ1v) is 6.58. The van der Waals surface area contributed by atoms with Gasteiger partial charge in [0.05, 0.1) is 6.04 Å². The zero-order chi connectivity index (χ0) is 12.1. The standard InChI is InChI=1S/C13H17N3S/c1-10(13-15-7-8-17-13)16-9-12(14)11-5-3-2-4-6-11/h2-8,10,12,16H,9,14H2,1H3. The number of rotatable bonds is 5. The number of hydrogen-bond acceptors (Lipinski definition) is 4. The van der Waals surface area contributed by atoms with Gasteiger partial charge in [0.25, 0.3) is 0 Å². The van der Waals surface area contributed by atoms with Crippen molar-refractivity contribution in [3.8, 4) is 0 Å². The molecule has 0 fully saturated rings. The van der Waals surface area contributed by atoms with Crippen molar-refractivity contribution in [2.24, 2.45) is 5.73 Å². The van der Waals surface area contributed by atoms with Gasteiger partial charge in [0.15, 0.2) is 0 Å². The average molecular weight is 247 g/mol. The lowest BCUT2D eigenvalue weighted by atomic mass is 10.1. The lowest BCUT2D eigenvalue weighted by molar-refractivity contribution is 0.525. The maximum absolute atomic E-state index is 6.12. The zero-order valence-corrected chi connectivity index (χ0v) is 10.7. The molecular weight excluding hydrogens is 230 g/mol. The normalized spacial score (nSPS) is 14.5.